The van der Waals surface area contributed by atoms with Crippen molar-refractivity contribution in [1.82, 2.24) is 4.90 Å². The zero-order valence-corrected chi connectivity index (χ0v) is 13.8. The van der Waals surface area contributed by atoms with Gasteiger partial charge in [-0.1, -0.05) is 23.7 Å². The van der Waals surface area contributed by atoms with Gasteiger partial charge in [-0.3, -0.25) is 9.59 Å². The van der Waals surface area contributed by atoms with E-state index in [9.17, 15) is 14.0 Å². The van der Waals surface area contributed by atoms with Crippen LogP contribution in [0.1, 0.15) is 33.6 Å². The topological polar surface area (TPSA) is 37.4 Å². The summed E-state index contributed by atoms with van der Waals surface area (Å²) in [5.41, 5.74) is 1.09. The molecule has 1 amide bonds. The Morgan fingerprint density at radius 3 is 2.29 bits per heavy atom. The maximum Gasteiger partial charge on any atom is 0.253 e. The van der Waals surface area contributed by atoms with E-state index in [0.717, 1.165) is 0 Å². The van der Waals surface area contributed by atoms with Crippen molar-refractivity contribution < 1.29 is 14.0 Å². The van der Waals surface area contributed by atoms with Crippen LogP contribution in [0.3, 0.4) is 0 Å². The van der Waals surface area contributed by atoms with Gasteiger partial charge in [-0.05, 0) is 49.2 Å². The molecule has 0 aliphatic carbocycles. The minimum absolute atomic E-state index is 0.0754. The van der Waals surface area contributed by atoms with Gasteiger partial charge >= 0.3 is 0 Å². The predicted molar refractivity (Wildman–Crippen MR) is 90.8 cm³/mol. The Bertz CT molecular complexity index is 752. The lowest BCUT2D eigenvalue weighted by molar-refractivity contribution is 0.0650. The molecule has 24 heavy (non-hydrogen) atoms. The minimum Gasteiger partial charge on any atom is -0.339 e. The van der Waals surface area contributed by atoms with Crippen LogP contribution in [0, 0.1) is 11.7 Å². The third-order valence-corrected chi connectivity index (χ3v) is 4.59. The number of benzene rings is 2. The van der Waals surface area contributed by atoms with Gasteiger partial charge in [0.05, 0.1) is 0 Å². The van der Waals surface area contributed by atoms with E-state index in [2.05, 4.69) is 0 Å². The molecule has 1 heterocycles. The summed E-state index contributed by atoms with van der Waals surface area (Å²) >= 11 is 5.94. The zero-order valence-electron chi connectivity index (χ0n) is 13.0. The number of piperidine rings is 1. The smallest absolute Gasteiger partial charge is 0.253 e. The zero-order chi connectivity index (χ0) is 17.1. The molecular formula is C19H17ClFNO2. The Balaban J connectivity index is 1.62. The van der Waals surface area contributed by atoms with Crippen LogP contribution >= 0.6 is 11.6 Å². The average Bonchev–Trinajstić information content (AvgIpc) is 2.61. The first kappa shape index (κ1) is 16.7. The van der Waals surface area contributed by atoms with E-state index in [-0.39, 0.29) is 23.4 Å². The average molecular weight is 346 g/mol. The van der Waals surface area contributed by atoms with Crippen molar-refractivity contribution in [2.75, 3.05) is 13.1 Å². The Labute approximate surface area is 145 Å². The highest BCUT2D eigenvalue weighted by Gasteiger charge is 2.28. The Kier molecular flexibility index (Phi) is 4.95. The molecule has 1 saturated heterocycles. The molecule has 1 aliphatic rings. The number of likely N-dealkylation sites (tertiary alicyclic amines) is 1. The van der Waals surface area contributed by atoms with E-state index in [1.807, 2.05) is 0 Å². The lowest BCUT2D eigenvalue weighted by atomic mass is 9.88. The molecule has 2 aromatic rings. The lowest BCUT2D eigenvalue weighted by Crippen LogP contribution is -2.40. The normalized spacial score (nSPS) is 15.3. The van der Waals surface area contributed by atoms with Gasteiger partial charge in [0.15, 0.2) is 5.78 Å². The monoisotopic (exact) mass is 345 g/mol. The molecule has 0 atom stereocenters. The summed E-state index contributed by atoms with van der Waals surface area (Å²) in [5.74, 6) is -0.506. The number of halogens is 2. The molecule has 0 bridgehead atoms. The lowest BCUT2D eigenvalue weighted by Gasteiger charge is -2.31. The quantitative estimate of drug-likeness (QED) is 0.781. The fourth-order valence-corrected chi connectivity index (χ4v) is 3.19. The van der Waals surface area contributed by atoms with Gasteiger partial charge < -0.3 is 4.90 Å². The number of carbonyl (C=O) groups excluding carboxylic acids is 2. The molecule has 3 rings (SSSR count). The van der Waals surface area contributed by atoms with Crippen LogP contribution in [0.25, 0.3) is 0 Å². The van der Waals surface area contributed by atoms with Crippen molar-refractivity contribution in [2.24, 2.45) is 5.92 Å². The number of Topliss-reactive ketones (excluding diaryl/α,β-unsaturated/α-hetero) is 1. The van der Waals surface area contributed by atoms with Crippen LogP contribution in [0.15, 0.2) is 48.5 Å². The second kappa shape index (κ2) is 7.14. The largest absolute Gasteiger partial charge is 0.339 e. The number of rotatable bonds is 3. The van der Waals surface area contributed by atoms with Gasteiger partial charge in [-0.25, -0.2) is 4.39 Å². The Morgan fingerprint density at radius 2 is 1.67 bits per heavy atom. The summed E-state index contributed by atoms with van der Waals surface area (Å²) in [4.78, 5) is 26.7. The van der Waals surface area contributed by atoms with E-state index in [0.29, 0.717) is 42.1 Å². The molecule has 0 aromatic heterocycles. The van der Waals surface area contributed by atoms with Crippen LogP contribution in [-0.4, -0.2) is 29.7 Å². The third kappa shape index (κ3) is 3.65. The maximum atomic E-state index is 13.0. The molecule has 124 valence electrons. The summed E-state index contributed by atoms with van der Waals surface area (Å²) in [6.45, 7) is 1.04. The summed E-state index contributed by atoms with van der Waals surface area (Å²) in [7, 11) is 0. The standard InChI is InChI=1S/C19H17ClFNO2/c20-16-3-1-2-15(12-16)18(23)13-8-10-22(11-9-13)19(24)14-4-6-17(21)7-5-14/h1-7,12-13H,8-11H2. The van der Waals surface area contributed by atoms with E-state index < -0.39 is 0 Å². The molecule has 0 radical (unpaired) electrons. The number of hydrogen-bond acceptors (Lipinski definition) is 2. The van der Waals surface area contributed by atoms with Crippen molar-refractivity contribution >= 4 is 23.3 Å². The first-order valence-electron chi connectivity index (χ1n) is 7.89. The molecule has 0 saturated carbocycles. The van der Waals surface area contributed by atoms with Gasteiger partial charge in [0.2, 0.25) is 0 Å². The minimum atomic E-state index is -0.364. The van der Waals surface area contributed by atoms with Crippen LogP contribution < -0.4 is 0 Å². The van der Waals surface area contributed by atoms with Crippen molar-refractivity contribution in [3.05, 3.63) is 70.5 Å². The molecule has 2 aromatic carbocycles. The summed E-state index contributed by atoms with van der Waals surface area (Å²) in [5, 5.41) is 0.546. The molecule has 3 nitrogen and oxygen atoms in total. The van der Waals surface area contributed by atoms with Gasteiger partial charge in [0.1, 0.15) is 5.82 Å². The van der Waals surface area contributed by atoms with Gasteiger partial charge in [0.25, 0.3) is 5.91 Å². The van der Waals surface area contributed by atoms with Crippen LogP contribution in [0.4, 0.5) is 4.39 Å². The van der Waals surface area contributed by atoms with Gasteiger partial charge in [0, 0.05) is 35.2 Å². The number of hydrogen-bond donors (Lipinski definition) is 0. The molecule has 5 heteroatoms. The van der Waals surface area contributed by atoms with Crippen LogP contribution in [0.2, 0.25) is 5.02 Å². The second-order valence-corrected chi connectivity index (χ2v) is 6.38. The van der Waals surface area contributed by atoms with Gasteiger partial charge in [-0.15, -0.1) is 0 Å². The fourth-order valence-electron chi connectivity index (χ4n) is 3.00. The van der Waals surface area contributed by atoms with E-state index in [4.69, 9.17) is 11.6 Å². The van der Waals surface area contributed by atoms with Crippen molar-refractivity contribution in [2.45, 2.75) is 12.8 Å². The van der Waals surface area contributed by atoms with E-state index >= 15 is 0 Å². The number of ketones is 1. The Hall–Kier alpha value is -2.20. The molecule has 1 aliphatic heterocycles. The molecule has 0 N–H and O–H groups in total. The number of amides is 1. The molecule has 0 spiro atoms. The third-order valence-electron chi connectivity index (χ3n) is 4.35. The summed E-state index contributed by atoms with van der Waals surface area (Å²) in [6.07, 6.45) is 1.25. The van der Waals surface area contributed by atoms with Crippen LogP contribution in [-0.2, 0) is 0 Å². The fraction of sp³-hybridized carbons (Fsp3) is 0.263. The van der Waals surface area contributed by atoms with Crippen LogP contribution in [0.5, 0.6) is 0 Å². The van der Waals surface area contributed by atoms with E-state index in [1.165, 1.54) is 24.3 Å². The maximum absolute atomic E-state index is 13.0. The molecule has 0 unspecified atom stereocenters. The Morgan fingerprint density at radius 1 is 1.00 bits per heavy atom. The molecule has 1 fully saturated rings. The summed E-state index contributed by atoms with van der Waals surface area (Å²) in [6, 6.07) is 12.5. The first-order valence-corrected chi connectivity index (χ1v) is 8.27. The highest BCUT2D eigenvalue weighted by atomic mass is 35.5. The van der Waals surface area contributed by atoms with E-state index in [1.54, 1.807) is 29.2 Å². The van der Waals surface area contributed by atoms with Crippen molar-refractivity contribution in [3.63, 3.8) is 0 Å². The first-order chi connectivity index (χ1) is 11.5. The second-order valence-electron chi connectivity index (χ2n) is 5.95. The SMILES string of the molecule is O=C(c1cccc(Cl)c1)C1CCN(C(=O)c2ccc(F)cc2)CC1. The summed E-state index contributed by atoms with van der Waals surface area (Å²) < 4.78 is 13.0. The van der Waals surface area contributed by atoms with Crippen molar-refractivity contribution in [1.29, 1.82) is 0 Å². The highest BCUT2D eigenvalue weighted by Crippen LogP contribution is 2.24. The predicted octanol–water partition coefficient (Wildman–Crippen LogP) is 4.21. The number of nitrogens with zero attached hydrogens (tertiary/aromatic N) is 1. The number of carbonyl (C=O) groups is 2. The highest BCUT2D eigenvalue weighted by molar-refractivity contribution is 6.31. The molecular weight excluding hydrogens is 329 g/mol. The van der Waals surface area contributed by atoms with Crippen molar-refractivity contribution in [3.8, 4) is 0 Å². The van der Waals surface area contributed by atoms with Gasteiger partial charge in [-0.2, -0.15) is 0 Å².